The van der Waals surface area contributed by atoms with Gasteiger partial charge < -0.3 is 20.1 Å². The third-order valence-corrected chi connectivity index (χ3v) is 5.60. The standard InChI is InChI=1S/C19H25N3O3/c1-21-16-5-3-2-4-13(16)12-14-17(22-8-10-25-11-9-22)7-6-15(19(23)24)20-18(14)21/h2-5,15,17,20H,6-12H2,1H3,(H,23,24). The van der Waals surface area contributed by atoms with Crippen LogP contribution in [0.5, 0.6) is 0 Å². The third kappa shape index (κ3) is 3.00. The Morgan fingerprint density at radius 1 is 1.24 bits per heavy atom. The van der Waals surface area contributed by atoms with Gasteiger partial charge in [-0.1, -0.05) is 18.2 Å². The lowest BCUT2D eigenvalue weighted by atomic mass is 9.90. The van der Waals surface area contributed by atoms with Crippen molar-refractivity contribution in [2.45, 2.75) is 31.3 Å². The molecule has 0 aliphatic carbocycles. The number of carboxylic acids is 1. The molecule has 3 aliphatic rings. The zero-order chi connectivity index (χ0) is 17.4. The van der Waals surface area contributed by atoms with Crippen molar-refractivity contribution in [1.29, 1.82) is 0 Å². The quantitative estimate of drug-likeness (QED) is 0.847. The van der Waals surface area contributed by atoms with Crippen molar-refractivity contribution in [3.8, 4) is 0 Å². The lowest BCUT2D eigenvalue weighted by Crippen LogP contribution is -2.46. The summed E-state index contributed by atoms with van der Waals surface area (Å²) >= 11 is 0. The zero-order valence-electron chi connectivity index (χ0n) is 14.6. The molecule has 0 saturated carbocycles. The van der Waals surface area contributed by atoms with Crippen LogP contribution in [0.25, 0.3) is 0 Å². The maximum atomic E-state index is 11.7. The van der Waals surface area contributed by atoms with Crippen LogP contribution in [0.3, 0.4) is 0 Å². The molecule has 1 saturated heterocycles. The lowest BCUT2D eigenvalue weighted by Gasteiger charge is -2.39. The molecule has 6 heteroatoms. The van der Waals surface area contributed by atoms with Gasteiger partial charge in [-0.15, -0.1) is 0 Å². The van der Waals surface area contributed by atoms with E-state index in [1.807, 2.05) is 13.1 Å². The first-order valence-electron chi connectivity index (χ1n) is 9.01. The van der Waals surface area contributed by atoms with Crippen LogP contribution in [0.4, 0.5) is 5.69 Å². The van der Waals surface area contributed by atoms with Crippen molar-refractivity contribution in [3.63, 3.8) is 0 Å². The molecule has 134 valence electrons. The molecule has 3 aliphatic heterocycles. The number of rotatable bonds is 2. The number of para-hydroxylation sites is 1. The second-order valence-electron chi connectivity index (χ2n) is 7.02. The van der Waals surface area contributed by atoms with Gasteiger partial charge in [0, 0.05) is 38.3 Å². The van der Waals surface area contributed by atoms with E-state index in [0.29, 0.717) is 6.42 Å². The number of ether oxygens (including phenoxy) is 1. The van der Waals surface area contributed by atoms with Crippen molar-refractivity contribution >= 4 is 11.7 Å². The van der Waals surface area contributed by atoms with Crippen molar-refractivity contribution in [2.75, 3.05) is 38.3 Å². The van der Waals surface area contributed by atoms with E-state index < -0.39 is 12.0 Å². The number of aliphatic carboxylic acids is 1. The lowest BCUT2D eigenvalue weighted by molar-refractivity contribution is -0.139. The normalized spacial score (nSPS) is 27.2. The number of carbonyl (C=O) groups is 1. The fraction of sp³-hybridized carbons (Fsp3) is 0.526. The van der Waals surface area contributed by atoms with Gasteiger partial charge in [0.2, 0.25) is 0 Å². The first-order chi connectivity index (χ1) is 12.1. The van der Waals surface area contributed by atoms with Crippen LogP contribution in [-0.4, -0.2) is 61.4 Å². The Morgan fingerprint density at radius 3 is 2.76 bits per heavy atom. The van der Waals surface area contributed by atoms with Gasteiger partial charge in [0.05, 0.1) is 13.2 Å². The summed E-state index contributed by atoms with van der Waals surface area (Å²) < 4.78 is 5.52. The number of hydrogen-bond acceptors (Lipinski definition) is 5. The molecule has 2 N–H and O–H groups in total. The minimum Gasteiger partial charge on any atom is -0.480 e. The molecule has 4 rings (SSSR count). The van der Waals surface area contributed by atoms with E-state index in [1.54, 1.807) is 0 Å². The Labute approximate surface area is 148 Å². The number of carboxylic acid groups (broad SMARTS) is 1. The number of nitrogens with one attached hydrogen (secondary N) is 1. The summed E-state index contributed by atoms with van der Waals surface area (Å²) in [4.78, 5) is 16.3. The average Bonchev–Trinajstić information content (AvgIpc) is 2.83. The van der Waals surface area contributed by atoms with E-state index in [4.69, 9.17) is 4.74 Å². The van der Waals surface area contributed by atoms with Crippen molar-refractivity contribution in [3.05, 3.63) is 41.2 Å². The third-order valence-electron chi connectivity index (χ3n) is 5.60. The summed E-state index contributed by atoms with van der Waals surface area (Å²) in [5.74, 6) is 0.196. The summed E-state index contributed by atoms with van der Waals surface area (Å²) in [6.07, 6.45) is 2.37. The predicted octanol–water partition coefficient (Wildman–Crippen LogP) is 1.43. The van der Waals surface area contributed by atoms with E-state index in [2.05, 4.69) is 33.3 Å². The minimum absolute atomic E-state index is 0.270. The molecule has 1 aromatic rings. The average molecular weight is 343 g/mol. The van der Waals surface area contributed by atoms with Crippen LogP contribution in [0, 0.1) is 0 Å². The fourth-order valence-electron chi connectivity index (χ4n) is 4.29. The van der Waals surface area contributed by atoms with Gasteiger partial charge in [0.15, 0.2) is 0 Å². The Morgan fingerprint density at radius 2 is 2.00 bits per heavy atom. The Balaban J connectivity index is 1.74. The molecule has 2 atom stereocenters. The molecular weight excluding hydrogens is 318 g/mol. The van der Waals surface area contributed by atoms with Gasteiger partial charge >= 0.3 is 5.97 Å². The first kappa shape index (κ1) is 16.4. The number of anilines is 1. The summed E-state index contributed by atoms with van der Waals surface area (Å²) in [7, 11) is 2.03. The number of fused-ring (bicyclic) bond motifs is 1. The molecule has 6 nitrogen and oxygen atoms in total. The molecule has 0 aromatic heterocycles. The molecule has 0 radical (unpaired) electrons. The number of benzene rings is 1. The molecule has 2 unspecified atom stereocenters. The van der Waals surface area contributed by atoms with E-state index >= 15 is 0 Å². The zero-order valence-corrected chi connectivity index (χ0v) is 14.6. The van der Waals surface area contributed by atoms with Gasteiger partial charge in [0.1, 0.15) is 11.9 Å². The second kappa shape index (κ2) is 6.69. The highest BCUT2D eigenvalue weighted by atomic mass is 16.5. The molecular formula is C19H25N3O3. The van der Waals surface area contributed by atoms with Crippen molar-refractivity contribution in [2.24, 2.45) is 0 Å². The summed E-state index contributed by atoms with van der Waals surface area (Å²) in [5.41, 5.74) is 3.77. The maximum absolute atomic E-state index is 11.7. The van der Waals surface area contributed by atoms with E-state index in [-0.39, 0.29) is 6.04 Å². The SMILES string of the molecule is CN1C2=C(Cc3ccccc31)C(N1CCOCC1)CCC(C(=O)O)N2. The predicted molar refractivity (Wildman–Crippen MR) is 95.5 cm³/mol. The number of hydrogen-bond donors (Lipinski definition) is 2. The first-order valence-corrected chi connectivity index (χ1v) is 9.01. The fourth-order valence-corrected chi connectivity index (χ4v) is 4.29. The van der Waals surface area contributed by atoms with Gasteiger partial charge in [0.25, 0.3) is 0 Å². The van der Waals surface area contributed by atoms with E-state index in [9.17, 15) is 9.90 Å². The highest BCUT2D eigenvalue weighted by Crippen LogP contribution is 2.36. The highest BCUT2D eigenvalue weighted by Gasteiger charge is 2.36. The Bertz CT molecular complexity index is 697. The molecule has 25 heavy (non-hydrogen) atoms. The smallest absolute Gasteiger partial charge is 0.326 e. The van der Waals surface area contributed by atoms with E-state index in [0.717, 1.165) is 50.7 Å². The van der Waals surface area contributed by atoms with Gasteiger partial charge in [-0.2, -0.15) is 0 Å². The molecule has 0 amide bonds. The van der Waals surface area contributed by atoms with Gasteiger partial charge in [-0.05, 0) is 30.0 Å². The van der Waals surface area contributed by atoms with Crippen LogP contribution < -0.4 is 10.2 Å². The number of morpholine rings is 1. The van der Waals surface area contributed by atoms with Gasteiger partial charge in [-0.25, -0.2) is 4.79 Å². The monoisotopic (exact) mass is 343 g/mol. The van der Waals surface area contributed by atoms with Crippen LogP contribution in [0.2, 0.25) is 0 Å². The van der Waals surface area contributed by atoms with Crippen LogP contribution in [0.15, 0.2) is 35.7 Å². The summed E-state index contributed by atoms with van der Waals surface area (Å²) in [5, 5.41) is 12.9. The maximum Gasteiger partial charge on any atom is 0.326 e. The summed E-state index contributed by atoms with van der Waals surface area (Å²) in [6, 6.07) is 8.12. The molecule has 1 aromatic carbocycles. The largest absolute Gasteiger partial charge is 0.480 e. The number of nitrogens with zero attached hydrogens (tertiary/aromatic N) is 2. The molecule has 0 spiro atoms. The van der Waals surface area contributed by atoms with Crippen molar-refractivity contribution < 1.29 is 14.6 Å². The molecule has 0 bridgehead atoms. The van der Waals surface area contributed by atoms with Crippen LogP contribution in [-0.2, 0) is 16.0 Å². The second-order valence-corrected chi connectivity index (χ2v) is 7.02. The van der Waals surface area contributed by atoms with Crippen molar-refractivity contribution in [1.82, 2.24) is 10.2 Å². The van der Waals surface area contributed by atoms with E-state index in [1.165, 1.54) is 11.1 Å². The van der Waals surface area contributed by atoms with Gasteiger partial charge in [-0.3, -0.25) is 4.90 Å². The Kier molecular flexibility index (Phi) is 4.39. The summed E-state index contributed by atoms with van der Waals surface area (Å²) in [6.45, 7) is 3.32. The topological polar surface area (TPSA) is 65.0 Å². The Hall–Kier alpha value is -2.05. The minimum atomic E-state index is -0.776. The molecule has 3 heterocycles. The van der Waals surface area contributed by atoms with Crippen LogP contribution in [0.1, 0.15) is 18.4 Å². The molecule has 1 fully saturated rings. The van der Waals surface area contributed by atoms with Crippen LogP contribution >= 0.6 is 0 Å². The highest BCUT2D eigenvalue weighted by molar-refractivity contribution is 5.75.